The van der Waals surface area contributed by atoms with E-state index in [-0.39, 0.29) is 12.5 Å². The van der Waals surface area contributed by atoms with Crippen LogP contribution >= 0.6 is 12.2 Å². The van der Waals surface area contributed by atoms with Gasteiger partial charge in [-0.25, -0.2) is 0 Å². The Morgan fingerprint density at radius 2 is 2.29 bits per heavy atom. The van der Waals surface area contributed by atoms with Gasteiger partial charge in [-0.2, -0.15) is 5.10 Å². The third-order valence-electron chi connectivity index (χ3n) is 4.03. The topological polar surface area (TPSA) is 71.9 Å². The van der Waals surface area contributed by atoms with Crippen molar-refractivity contribution >= 4 is 18.1 Å². The van der Waals surface area contributed by atoms with Crippen LogP contribution in [0, 0.1) is 4.77 Å². The maximum absolute atomic E-state index is 12.0. The van der Waals surface area contributed by atoms with Crippen molar-refractivity contribution in [2.75, 3.05) is 6.61 Å². The molecule has 1 aromatic carbocycles. The largest absolute Gasteiger partial charge is 0.484 e. The van der Waals surface area contributed by atoms with Gasteiger partial charge in [0.25, 0.3) is 5.91 Å². The number of hydrogen-bond donors (Lipinski definition) is 2. The summed E-state index contributed by atoms with van der Waals surface area (Å²) in [5, 5.41) is 9.81. The van der Waals surface area contributed by atoms with E-state index in [9.17, 15) is 4.79 Å². The van der Waals surface area contributed by atoms with Gasteiger partial charge in [-0.05, 0) is 48.7 Å². The van der Waals surface area contributed by atoms with E-state index >= 15 is 0 Å². The van der Waals surface area contributed by atoms with Crippen LogP contribution in [0.15, 0.2) is 24.3 Å². The van der Waals surface area contributed by atoms with Gasteiger partial charge < -0.3 is 10.1 Å². The number of aromatic amines is 1. The van der Waals surface area contributed by atoms with E-state index in [0.29, 0.717) is 29.0 Å². The first kappa shape index (κ1) is 16.7. The molecule has 0 unspecified atom stereocenters. The average Bonchev–Trinajstić information content (AvgIpc) is 3.34. The summed E-state index contributed by atoms with van der Waals surface area (Å²) in [6, 6.07) is 8.25. The maximum atomic E-state index is 12.0. The Morgan fingerprint density at radius 3 is 3.00 bits per heavy atom. The number of nitrogens with one attached hydrogen (secondary N) is 2. The van der Waals surface area contributed by atoms with Crippen LogP contribution in [0.2, 0.25) is 0 Å². The summed E-state index contributed by atoms with van der Waals surface area (Å²) in [6.45, 7) is 4.57. The molecule has 0 radical (unpaired) electrons. The fourth-order valence-electron chi connectivity index (χ4n) is 2.51. The molecule has 2 aromatic rings. The van der Waals surface area contributed by atoms with Crippen LogP contribution in [0.5, 0.6) is 5.75 Å². The fourth-order valence-corrected chi connectivity index (χ4v) is 2.81. The van der Waals surface area contributed by atoms with Crippen molar-refractivity contribution in [1.82, 2.24) is 20.1 Å². The van der Waals surface area contributed by atoms with Gasteiger partial charge in [0.1, 0.15) is 5.75 Å². The van der Waals surface area contributed by atoms with E-state index in [4.69, 9.17) is 17.0 Å². The van der Waals surface area contributed by atoms with E-state index in [1.54, 1.807) is 0 Å². The lowest BCUT2D eigenvalue weighted by Crippen LogP contribution is -2.29. The molecule has 1 aromatic heterocycles. The van der Waals surface area contributed by atoms with Crippen molar-refractivity contribution in [1.29, 1.82) is 0 Å². The summed E-state index contributed by atoms with van der Waals surface area (Å²) in [7, 11) is 0. The number of aromatic nitrogens is 3. The average molecular weight is 346 g/mol. The van der Waals surface area contributed by atoms with Crippen LogP contribution in [-0.2, 0) is 11.3 Å². The molecular weight excluding hydrogens is 324 g/mol. The number of benzene rings is 1. The van der Waals surface area contributed by atoms with Crippen molar-refractivity contribution < 1.29 is 9.53 Å². The second-order valence-electron chi connectivity index (χ2n) is 6.34. The maximum Gasteiger partial charge on any atom is 0.258 e. The highest BCUT2D eigenvalue weighted by Crippen LogP contribution is 2.35. The number of carbonyl (C=O) groups is 1. The first-order valence-corrected chi connectivity index (χ1v) is 8.60. The predicted octanol–water partition coefficient (Wildman–Crippen LogP) is 3.09. The first-order chi connectivity index (χ1) is 11.5. The molecule has 0 aliphatic heterocycles. The lowest BCUT2D eigenvalue weighted by molar-refractivity contribution is -0.123. The van der Waals surface area contributed by atoms with Gasteiger partial charge in [-0.3, -0.25) is 14.5 Å². The van der Waals surface area contributed by atoms with Crippen LogP contribution in [-0.4, -0.2) is 27.3 Å². The Balaban J connectivity index is 1.51. The van der Waals surface area contributed by atoms with Gasteiger partial charge in [0, 0.05) is 6.04 Å². The van der Waals surface area contributed by atoms with Gasteiger partial charge in [-0.1, -0.05) is 26.0 Å². The number of rotatable bonds is 7. The number of amides is 1. The second kappa shape index (κ2) is 7.17. The van der Waals surface area contributed by atoms with Crippen LogP contribution in [0.3, 0.4) is 0 Å². The Kier molecular flexibility index (Phi) is 4.99. The number of hydrogen-bond acceptors (Lipinski definition) is 4. The van der Waals surface area contributed by atoms with E-state index < -0.39 is 0 Å². The van der Waals surface area contributed by atoms with Gasteiger partial charge in [0.15, 0.2) is 17.2 Å². The summed E-state index contributed by atoms with van der Waals surface area (Å²) >= 11 is 5.22. The lowest BCUT2D eigenvalue weighted by Gasteiger charge is -2.10. The molecule has 1 heterocycles. The standard InChI is InChI=1S/C17H22N4O2S/c1-11(2)12-4-3-5-14(8-12)23-10-16(22)18-9-15-19-20-17(24)21(15)13-6-7-13/h3-5,8,11,13H,6-7,9-10H2,1-2H3,(H,18,22)(H,20,24). The third-order valence-corrected chi connectivity index (χ3v) is 4.32. The second-order valence-corrected chi connectivity index (χ2v) is 6.73. The zero-order chi connectivity index (χ0) is 17.1. The third kappa shape index (κ3) is 4.03. The molecule has 0 saturated heterocycles. The molecule has 1 amide bonds. The lowest BCUT2D eigenvalue weighted by atomic mass is 10.0. The SMILES string of the molecule is CC(C)c1cccc(OCC(=O)NCc2n[nH]c(=S)n2C2CC2)c1. The summed E-state index contributed by atoms with van der Waals surface area (Å²) in [4.78, 5) is 12.0. The van der Waals surface area contributed by atoms with Crippen molar-refractivity contribution in [2.45, 2.75) is 45.2 Å². The van der Waals surface area contributed by atoms with Crippen LogP contribution in [0.4, 0.5) is 0 Å². The molecule has 128 valence electrons. The normalized spacial score (nSPS) is 14.0. The van der Waals surface area contributed by atoms with Crippen LogP contribution in [0.1, 0.15) is 50.0 Å². The van der Waals surface area contributed by atoms with Crippen molar-refractivity contribution in [2.24, 2.45) is 0 Å². The number of nitrogens with zero attached hydrogens (tertiary/aromatic N) is 2. The predicted molar refractivity (Wildman–Crippen MR) is 93.6 cm³/mol. The van der Waals surface area contributed by atoms with E-state index in [2.05, 4.69) is 35.4 Å². The highest BCUT2D eigenvalue weighted by molar-refractivity contribution is 7.71. The van der Waals surface area contributed by atoms with Crippen molar-refractivity contribution in [3.05, 3.63) is 40.4 Å². The Bertz CT molecular complexity index is 777. The molecule has 1 fully saturated rings. The Morgan fingerprint density at radius 1 is 1.50 bits per heavy atom. The highest BCUT2D eigenvalue weighted by Gasteiger charge is 2.27. The van der Waals surface area contributed by atoms with Gasteiger partial charge >= 0.3 is 0 Å². The summed E-state index contributed by atoms with van der Waals surface area (Å²) < 4.78 is 8.18. The molecular formula is C17H22N4O2S. The molecule has 3 rings (SSSR count). The van der Waals surface area contributed by atoms with Crippen molar-refractivity contribution in [3.8, 4) is 5.75 Å². The first-order valence-electron chi connectivity index (χ1n) is 8.20. The number of ether oxygens (including phenoxy) is 1. The van der Waals surface area contributed by atoms with E-state index in [1.807, 2.05) is 22.8 Å². The zero-order valence-corrected chi connectivity index (χ0v) is 14.7. The molecule has 7 heteroatoms. The smallest absolute Gasteiger partial charge is 0.258 e. The minimum Gasteiger partial charge on any atom is -0.484 e. The summed E-state index contributed by atoms with van der Waals surface area (Å²) in [5.41, 5.74) is 1.19. The van der Waals surface area contributed by atoms with Crippen LogP contribution < -0.4 is 10.1 Å². The van der Waals surface area contributed by atoms with Crippen LogP contribution in [0.25, 0.3) is 0 Å². The molecule has 2 N–H and O–H groups in total. The van der Waals surface area contributed by atoms with Gasteiger partial charge in [0.05, 0.1) is 6.54 Å². The number of H-pyrrole nitrogens is 1. The molecule has 0 spiro atoms. The fraction of sp³-hybridized carbons (Fsp3) is 0.471. The highest BCUT2D eigenvalue weighted by atomic mass is 32.1. The molecule has 0 bridgehead atoms. The zero-order valence-electron chi connectivity index (χ0n) is 13.9. The minimum absolute atomic E-state index is 0.0177. The monoisotopic (exact) mass is 346 g/mol. The Labute approximate surface area is 146 Å². The molecule has 6 nitrogen and oxygen atoms in total. The summed E-state index contributed by atoms with van der Waals surface area (Å²) in [6.07, 6.45) is 2.23. The minimum atomic E-state index is -0.179. The van der Waals surface area contributed by atoms with Crippen molar-refractivity contribution in [3.63, 3.8) is 0 Å². The Hall–Kier alpha value is -2.15. The molecule has 1 aliphatic carbocycles. The number of carbonyl (C=O) groups excluding carboxylic acids is 1. The molecule has 0 atom stereocenters. The van der Waals surface area contributed by atoms with E-state index in [0.717, 1.165) is 18.7 Å². The molecule has 24 heavy (non-hydrogen) atoms. The molecule has 1 aliphatic rings. The molecule has 1 saturated carbocycles. The quantitative estimate of drug-likeness (QED) is 0.756. The van der Waals surface area contributed by atoms with Gasteiger partial charge in [0.2, 0.25) is 0 Å². The summed E-state index contributed by atoms with van der Waals surface area (Å²) in [5.74, 6) is 1.71. The van der Waals surface area contributed by atoms with Gasteiger partial charge in [-0.15, -0.1) is 0 Å². The van der Waals surface area contributed by atoms with E-state index in [1.165, 1.54) is 5.56 Å².